The van der Waals surface area contributed by atoms with Gasteiger partial charge in [-0.2, -0.15) is 55.8 Å². The highest BCUT2D eigenvalue weighted by Gasteiger charge is 2.25. The molecule has 116 heavy (non-hydrogen) atoms. The number of carbonyl (C=O) groups excluding carboxylic acids is 2. The van der Waals surface area contributed by atoms with E-state index in [0.29, 0.717) is 64.8 Å². The largest absolute Gasteiger partial charge is 0.358 e. The van der Waals surface area contributed by atoms with Crippen LogP contribution in [-0.2, 0) is 91.2 Å². The summed E-state index contributed by atoms with van der Waals surface area (Å²) in [6.45, 7) is 8.89. The lowest BCUT2D eigenvalue weighted by Gasteiger charge is -2.11. The molecule has 0 fully saturated rings. The van der Waals surface area contributed by atoms with Crippen molar-refractivity contribution in [2.24, 2.45) is 36.9 Å². The number of nitrogens with zero attached hydrogens (tertiary/aromatic N) is 7. The average Bonchev–Trinajstić information content (AvgIpc) is 0.773. The van der Waals surface area contributed by atoms with Crippen molar-refractivity contribution < 1.29 is 85.8 Å². The number of halogens is 1. The van der Waals surface area contributed by atoms with Crippen LogP contribution in [0.4, 0.5) is 0 Å². The molecule has 0 N–H and O–H groups in total. The molecule has 0 aliphatic heterocycles. The van der Waals surface area contributed by atoms with Crippen LogP contribution in [0.15, 0.2) is 347 Å². The predicted octanol–water partition coefficient (Wildman–Crippen LogP) is 15.3. The van der Waals surface area contributed by atoms with Crippen molar-refractivity contribution in [2.45, 2.75) is 75.0 Å². The maximum Gasteiger partial charge on any atom is 0.358 e. The van der Waals surface area contributed by atoms with E-state index in [0.717, 1.165) is 16.3 Å². The Bertz CT molecular complexity index is 5700. The number of hydrogen-bond acceptors (Lipinski definition) is 27. The summed E-state index contributed by atoms with van der Waals surface area (Å²) in [5.41, 5.74) is 4.09. The quantitative estimate of drug-likeness (QED) is 0.0215. The van der Waals surface area contributed by atoms with Crippen molar-refractivity contribution in [3.8, 4) is 6.07 Å². The molecule has 0 saturated heterocycles. The Balaban J connectivity index is 0.000000228. The fourth-order valence-electron chi connectivity index (χ4n) is 9.13. The first kappa shape index (κ1) is 92.9. The van der Waals surface area contributed by atoms with Gasteiger partial charge in [-0.15, -0.1) is 0 Å². The summed E-state index contributed by atoms with van der Waals surface area (Å²) in [7, 11) is -23.6. The predicted molar refractivity (Wildman–Crippen MR) is 447 cm³/mol. The summed E-state index contributed by atoms with van der Waals surface area (Å²) < 4.78 is 172. The third-order valence-electron chi connectivity index (χ3n) is 14.9. The second-order valence-corrected chi connectivity index (χ2v) is 34.6. The number of unbranched alkanes of at least 4 members (excludes halogenated alkanes) is 2. The molecule has 0 heterocycles. The molecule has 0 amide bonds. The van der Waals surface area contributed by atoms with Gasteiger partial charge in [0.2, 0.25) is 5.78 Å². The fourth-order valence-corrected chi connectivity index (χ4v) is 13.6. The number of rotatable bonds is 32. The summed E-state index contributed by atoms with van der Waals surface area (Å²) in [6, 6.07) is 83.9. The maximum absolute atomic E-state index is 12.5. The third kappa shape index (κ3) is 32.1. The minimum absolute atomic E-state index is 0.0194. The molecular formula is C82H80BrN7O20S6. The summed E-state index contributed by atoms with van der Waals surface area (Å²) in [6.07, 6.45) is 3.08. The van der Waals surface area contributed by atoms with Crippen LogP contribution in [0.1, 0.15) is 104 Å². The van der Waals surface area contributed by atoms with E-state index in [2.05, 4.69) is 59.7 Å². The SMILES string of the molecule is CC(=O)/C(=N\OS(=O)(=O)c1ccccc1)c1ccccc1.CC(C)/C(=N\OS(=O)(=O)c1ccc(Br)cc1)c1ccccc1.CCCCS(=O)(=O)O/N=C(\C(=N/OS(=O)(=O)CCCC)c1ccccc1)c1ccccc1.CS(=O)(=O)O/N=C(\C(=O)c1ccccc1)c1ccccc1.N#C/C(=N\OS(=O)(=O)c1ccccc1)c1ccccc1. The monoisotopic (exact) mass is 1750 g/mol. The van der Waals surface area contributed by atoms with Gasteiger partial charge in [-0.25, -0.2) is 0 Å². The second-order valence-electron chi connectivity index (χ2n) is 24.2. The smallest absolute Gasteiger partial charge is 0.293 e. The van der Waals surface area contributed by atoms with Gasteiger partial charge in [-0.3, -0.25) is 35.3 Å². The Morgan fingerprint density at radius 3 is 0.974 bits per heavy atom. The molecule has 0 aliphatic carbocycles. The van der Waals surface area contributed by atoms with Crippen LogP contribution in [0.5, 0.6) is 0 Å². The highest BCUT2D eigenvalue weighted by Crippen LogP contribution is 2.21. The van der Waals surface area contributed by atoms with Gasteiger partial charge < -0.3 is 0 Å². The zero-order valence-electron chi connectivity index (χ0n) is 63.2. The molecule has 0 aromatic heterocycles. The van der Waals surface area contributed by atoms with E-state index in [1.165, 1.54) is 43.3 Å². The summed E-state index contributed by atoms with van der Waals surface area (Å²) in [5.74, 6) is -1.14. The van der Waals surface area contributed by atoms with Crippen molar-refractivity contribution in [2.75, 3.05) is 17.8 Å². The summed E-state index contributed by atoms with van der Waals surface area (Å²) >= 11 is 3.26. The number of benzene rings is 10. The molecule has 0 atom stereocenters. The van der Waals surface area contributed by atoms with Crippen LogP contribution >= 0.6 is 15.9 Å². The van der Waals surface area contributed by atoms with Gasteiger partial charge >= 0.3 is 60.7 Å². The van der Waals surface area contributed by atoms with E-state index in [1.54, 1.807) is 237 Å². The molecule has 34 heteroatoms. The number of ketones is 2. The van der Waals surface area contributed by atoms with Crippen LogP contribution in [0.25, 0.3) is 0 Å². The minimum atomic E-state index is -4.04. The van der Waals surface area contributed by atoms with Crippen molar-refractivity contribution >= 4 is 122 Å². The van der Waals surface area contributed by atoms with Gasteiger partial charge in [-0.1, -0.05) is 336 Å². The van der Waals surface area contributed by atoms with Crippen LogP contribution in [0, 0.1) is 17.2 Å². The molecule has 0 unspecified atom stereocenters. The van der Waals surface area contributed by atoms with Crippen LogP contribution in [0.2, 0.25) is 0 Å². The second kappa shape index (κ2) is 46.4. The van der Waals surface area contributed by atoms with Gasteiger partial charge in [0.25, 0.3) is 0 Å². The summed E-state index contributed by atoms with van der Waals surface area (Å²) in [5, 5.41) is 31.1. The van der Waals surface area contributed by atoms with Crippen LogP contribution < -0.4 is 0 Å². The first-order valence-electron chi connectivity index (χ1n) is 35.0. The standard InChI is InChI=1S/C22H28N2O6S2.C16H16BrNO3S.2C15H13NO4S.C14H10N2O3S/c1-3-5-17-31(25,26)29-23-21(19-13-9-7-10-14-19)22(20-15-11-8-12-16-20)24-30-32(27,28)18-6-4-2;1-12(2)16(13-6-4-3-5-7-13)18-21-22(19,20)15-10-8-14(17)9-11-15;1-21(18,19)20-16-14(12-8-4-2-5-9-12)15(17)13-10-6-3-7-11-13;1-12(17)15(13-8-4-2-5-9-13)16-20-21(18,19)14-10-6-3-7-11-14;15-11-14(12-7-3-1-4-8-12)16-19-20(17,18)13-9-5-2-6-10-13/h7-16H,3-6,17-18H2,1-2H3;3-12H,1-2H3;2*2-11H,1H3;1-10H/b23-21-,24-22-;18-16+;16-14-;16-15+;16-14+. The molecule has 0 bridgehead atoms. The van der Waals surface area contributed by atoms with E-state index in [1.807, 2.05) is 58.0 Å². The lowest BCUT2D eigenvalue weighted by Crippen LogP contribution is -2.21. The maximum atomic E-state index is 12.5. The first-order valence-corrected chi connectivity index (χ1v) is 45.0. The Labute approximate surface area is 684 Å². The van der Waals surface area contributed by atoms with Gasteiger partial charge in [0.15, 0.2) is 22.9 Å². The molecular weight excluding hydrogens is 1680 g/mol. The van der Waals surface area contributed by atoms with Gasteiger partial charge in [0.05, 0.1) is 23.5 Å². The fraction of sp³-hybridized carbons (Fsp3) is 0.159. The molecule has 10 rings (SSSR count). The highest BCUT2D eigenvalue weighted by atomic mass is 79.9. The van der Waals surface area contributed by atoms with Crippen molar-refractivity contribution in [3.63, 3.8) is 0 Å². The van der Waals surface area contributed by atoms with Gasteiger partial charge in [0.1, 0.15) is 32.2 Å². The topological polar surface area (TPSA) is 392 Å². The zero-order valence-corrected chi connectivity index (χ0v) is 69.7. The average molecular weight is 1760 g/mol. The lowest BCUT2D eigenvalue weighted by atomic mass is 10.0. The Hall–Kier alpha value is -12.0. The Morgan fingerprint density at radius 2 is 0.638 bits per heavy atom. The Kier molecular flexibility index (Phi) is 37.2. The van der Waals surface area contributed by atoms with Crippen molar-refractivity contribution in [1.82, 2.24) is 0 Å². The Morgan fingerprint density at radius 1 is 0.353 bits per heavy atom. The van der Waals surface area contributed by atoms with Crippen molar-refractivity contribution in [3.05, 3.63) is 341 Å². The molecule has 0 saturated carbocycles. The van der Waals surface area contributed by atoms with E-state index in [4.69, 9.17) is 18.1 Å². The van der Waals surface area contributed by atoms with Crippen LogP contribution in [0.3, 0.4) is 0 Å². The normalized spacial score (nSPS) is 12.3. The van der Waals surface area contributed by atoms with Gasteiger partial charge in [0, 0.05) is 44.8 Å². The lowest BCUT2D eigenvalue weighted by molar-refractivity contribution is -0.111. The summed E-state index contributed by atoms with van der Waals surface area (Å²) in [4.78, 5) is 24.1. The molecule has 0 aliphatic rings. The highest BCUT2D eigenvalue weighted by molar-refractivity contribution is 9.10. The zero-order chi connectivity index (χ0) is 84.6. The van der Waals surface area contributed by atoms with E-state index >= 15 is 0 Å². The number of oxime groups is 6. The molecule has 0 radical (unpaired) electrons. The van der Waals surface area contributed by atoms with E-state index in [-0.39, 0.29) is 66.5 Å². The molecule has 10 aromatic rings. The van der Waals surface area contributed by atoms with E-state index in [9.17, 15) is 60.1 Å². The van der Waals surface area contributed by atoms with Crippen LogP contribution in [-0.4, -0.2) is 114 Å². The molecule has 27 nitrogen and oxygen atoms in total. The number of nitriles is 1. The molecule has 10 aromatic carbocycles. The third-order valence-corrected chi connectivity index (χ3v) is 21.3. The molecule has 0 spiro atoms. The first-order chi connectivity index (χ1) is 55.3. The van der Waals surface area contributed by atoms with Gasteiger partial charge in [-0.05, 0) is 72.9 Å². The number of Topliss-reactive ketones (excluding diaryl/α,β-unsaturated/α-hetero) is 2. The number of hydrogen-bond donors (Lipinski definition) is 0. The minimum Gasteiger partial charge on any atom is -0.293 e. The molecule has 606 valence electrons. The number of carbonyl (C=O) groups is 2. The van der Waals surface area contributed by atoms with Crippen molar-refractivity contribution in [1.29, 1.82) is 5.26 Å². The van der Waals surface area contributed by atoms with E-state index < -0.39 is 66.5 Å².